The van der Waals surface area contributed by atoms with Crippen molar-refractivity contribution in [3.8, 4) is 11.5 Å². The molecule has 0 radical (unpaired) electrons. The fraction of sp³-hybridized carbons (Fsp3) is 0.111. The first-order valence-corrected chi connectivity index (χ1v) is 8.76. The molecule has 0 atom stereocenters. The zero-order valence-corrected chi connectivity index (χ0v) is 14.1. The Bertz CT molecular complexity index is 983. The Kier molecular flexibility index (Phi) is 4.31. The summed E-state index contributed by atoms with van der Waals surface area (Å²) in [5.41, 5.74) is 0.324. The molecule has 0 amide bonds. The minimum absolute atomic E-state index is 0.186. The third-order valence-electron chi connectivity index (χ3n) is 3.68. The molecular formula is C18H17NO4S. The molecule has 0 aliphatic heterocycles. The highest BCUT2D eigenvalue weighted by atomic mass is 32.2. The summed E-state index contributed by atoms with van der Waals surface area (Å²) in [6.07, 6.45) is 0. The van der Waals surface area contributed by atoms with Crippen LogP contribution >= 0.6 is 0 Å². The van der Waals surface area contributed by atoms with Crippen LogP contribution in [0.5, 0.6) is 11.5 Å². The van der Waals surface area contributed by atoms with Gasteiger partial charge in [-0.3, -0.25) is 4.72 Å². The van der Waals surface area contributed by atoms with Gasteiger partial charge in [-0.25, -0.2) is 8.42 Å². The first-order valence-electron chi connectivity index (χ1n) is 7.28. The van der Waals surface area contributed by atoms with Gasteiger partial charge in [0.2, 0.25) is 0 Å². The van der Waals surface area contributed by atoms with Gasteiger partial charge in [0.1, 0.15) is 0 Å². The molecule has 5 nitrogen and oxygen atoms in total. The number of nitrogens with one attached hydrogen (secondary N) is 1. The van der Waals surface area contributed by atoms with Gasteiger partial charge in [-0.2, -0.15) is 0 Å². The van der Waals surface area contributed by atoms with E-state index in [9.17, 15) is 8.42 Å². The number of fused-ring (bicyclic) bond motifs is 1. The average Bonchev–Trinajstić information content (AvgIpc) is 2.60. The van der Waals surface area contributed by atoms with Crippen molar-refractivity contribution in [1.82, 2.24) is 0 Å². The van der Waals surface area contributed by atoms with Crippen molar-refractivity contribution in [2.45, 2.75) is 4.90 Å². The molecule has 24 heavy (non-hydrogen) atoms. The fourth-order valence-electron chi connectivity index (χ4n) is 2.51. The van der Waals surface area contributed by atoms with Crippen molar-refractivity contribution >= 4 is 26.5 Å². The number of benzene rings is 3. The molecule has 0 saturated carbocycles. The normalized spacial score (nSPS) is 11.2. The summed E-state index contributed by atoms with van der Waals surface area (Å²) in [5, 5.41) is 1.84. The van der Waals surface area contributed by atoms with Crippen LogP contribution in [0.2, 0.25) is 0 Å². The van der Waals surface area contributed by atoms with Crippen LogP contribution < -0.4 is 14.2 Å². The molecule has 3 rings (SSSR count). The number of para-hydroxylation sites is 1. The summed E-state index contributed by atoms with van der Waals surface area (Å²) in [7, 11) is -0.784. The molecule has 0 aliphatic carbocycles. The van der Waals surface area contributed by atoms with Crippen LogP contribution in [-0.4, -0.2) is 22.6 Å². The predicted octanol–water partition coefficient (Wildman–Crippen LogP) is 3.66. The Morgan fingerprint density at radius 3 is 2.29 bits per heavy atom. The molecule has 0 aliphatic rings. The number of ether oxygens (including phenoxy) is 2. The second-order valence-electron chi connectivity index (χ2n) is 5.16. The van der Waals surface area contributed by atoms with E-state index in [0.717, 1.165) is 10.8 Å². The van der Waals surface area contributed by atoms with Gasteiger partial charge in [-0.15, -0.1) is 0 Å². The number of methoxy groups -OCH3 is 2. The third kappa shape index (κ3) is 3.00. The van der Waals surface area contributed by atoms with Gasteiger partial charge in [0.15, 0.2) is 11.5 Å². The standard InChI is InChI=1S/C18H17NO4S/c1-22-17-9-5-8-16(18(17)23-2)19-24(20,21)15-11-10-13-6-3-4-7-14(13)12-15/h3-12,19H,1-2H3. The Morgan fingerprint density at radius 1 is 0.833 bits per heavy atom. The van der Waals surface area contributed by atoms with E-state index in [2.05, 4.69) is 4.72 Å². The molecule has 0 saturated heterocycles. The lowest BCUT2D eigenvalue weighted by Crippen LogP contribution is -2.13. The number of anilines is 1. The molecule has 1 N–H and O–H groups in total. The van der Waals surface area contributed by atoms with Gasteiger partial charge < -0.3 is 9.47 Å². The van der Waals surface area contributed by atoms with E-state index in [1.165, 1.54) is 14.2 Å². The minimum Gasteiger partial charge on any atom is -0.493 e. The number of rotatable bonds is 5. The lowest BCUT2D eigenvalue weighted by molar-refractivity contribution is 0.356. The SMILES string of the molecule is COc1cccc(NS(=O)(=O)c2ccc3ccccc3c2)c1OC. The monoisotopic (exact) mass is 343 g/mol. The Morgan fingerprint density at radius 2 is 1.58 bits per heavy atom. The lowest BCUT2D eigenvalue weighted by atomic mass is 10.1. The van der Waals surface area contributed by atoms with Crippen molar-refractivity contribution in [2.24, 2.45) is 0 Å². The smallest absolute Gasteiger partial charge is 0.262 e. The zero-order chi connectivity index (χ0) is 17.2. The van der Waals surface area contributed by atoms with E-state index in [4.69, 9.17) is 9.47 Å². The van der Waals surface area contributed by atoms with Gasteiger partial charge in [0, 0.05) is 0 Å². The van der Waals surface area contributed by atoms with Crippen LogP contribution in [0.1, 0.15) is 0 Å². The Hall–Kier alpha value is -2.73. The van der Waals surface area contributed by atoms with Gasteiger partial charge in [0.25, 0.3) is 10.0 Å². The fourth-order valence-corrected chi connectivity index (χ4v) is 3.60. The van der Waals surface area contributed by atoms with Crippen molar-refractivity contribution < 1.29 is 17.9 Å². The molecule has 3 aromatic rings. The number of sulfonamides is 1. The summed E-state index contributed by atoms with van der Waals surface area (Å²) in [6, 6.07) is 17.6. The topological polar surface area (TPSA) is 64.6 Å². The molecule has 124 valence electrons. The van der Waals surface area contributed by atoms with E-state index in [0.29, 0.717) is 17.2 Å². The first kappa shape index (κ1) is 16.1. The van der Waals surface area contributed by atoms with Crippen molar-refractivity contribution in [3.05, 3.63) is 60.7 Å². The minimum atomic E-state index is -3.75. The molecule has 0 aromatic heterocycles. The van der Waals surface area contributed by atoms with Crippen molar-refractivity contribution in [2.75, 3.05) is 18.9 Å². The van der Waals surface area contributed by atoms with Crippen LogP contribution in [0, 0.1) is 0 Å². The van der Waals surface area contributed by atoms with Gasteiger partial charge in [0.05, 0.1) is 24.8 Å². The number of hydrogen-bond donors (Lipinski definition) is 1. The van der Waals surface area contributed by atoms with Crippen LogP contribution in [0.4, 0.5) is 5.69 Å². The van der Waals surface area contributed by atoms with Crippen molar-refractivity contribution in [3.63, 3.8) is 0 Å². The maximum absolute atomic E-state index is 12.7. The molecule has 6 heteroatoms. The van der Waals surface area contributed by atoms with Crippen LogP contribution in [-0.2, 0) is 10.0 Å². The second-order valence-corrected chi connectivity index (χ2v) is 6.84. The highest BCUT2D eigenvalue weighted by molar-refractivity contribution is 7.92. The summed E-state index contributed by atoms with van der Waals surface area (Å²) in [4.78, 5) is 0.186. The molecule has 0 heterocycles. The highest BCUT2D eigenvalue weighted by Crippen LogP contribution is 2.36. The van der Waals surface area contributed by atoms with E-state index in [1.54, 1.807) is 36.4 Å². The summed E-state index contributed by atoms with van der Waals surface area (Å²) in [6.45, 7) is 0. The molecule has 0 spiro atoms. The van der Waals surface area contributed by atoms with Crippen LogP contribution in [0.25, 0.3) is 10.8 Å². The van der Waals surface area contributed by atoms with E-state index >= 15 is 0 Å². The largest absolute Gasteiger partial charge is 0.493 e. The zero-order valence-electron chi connectivity index (χ0n) is 13.3. The Balaban J connectivity index is 2.02. The average molecular weight is 343 g/mol. The van der Waals surface area contributed by atoms with E-state index in [-0.39, 0.29) is 4.90 Å². The molecule has 0 bridgehead atoms. The van der Waals surface area contributed by atoms with E-state index in [1.807, 2.05) is 24.3 Å². The summed E-state index contributed by atoms with van der Waals surface area (Å²) < 4.78 is 38.4. The third-order valence-corrected chi connectivity index (χ3v) is 5.04. The van der Waals surface area contributed by atoms with Crippen molar-refractivity contribution in [1.29, 1.82) is 0 Å². The molecule has 0 fully saturated rings. The highest BCUT2D eigenvalue weighted by Gasteiger charge is 2.18. The maximum atomic E-state index is 12.7. The first-order chi connectivity index (χ1) is 11.5. The van der Waals surface area contributed by atoms with Gasteiger partial charge in [-0.1, -0.05) is 36.4 Å². The maximum Gasteiger partial charge on any atom is 0.262 e. The second kappa shape index (κ2) is 6.41. The predicted molar refractivity (Wildman–Crippen MR) is 94.3 cm³/mol. The van der Waals surface area contributed by atoms with E-state index < -0.39 is 10.0 Å². The molecular weight excluding hydrogens is 326 g/mol. The van der Waals surface area contributed by atoms with Gasteiger partial charge >= 0.3 is 0 Å². The lowest BCUT2D eigenvalue weighted by Gasteiger charge is -2.14. The van der Waals surface area contributed by atoms with Crippen LogP contribution in [0.3, 0.4) is 0 Å². The summed E-state index contributed by atoms with van der Waals surface area (Å²) in [5.74, 6) is 0.792. The van der Waals surface area contributed by atoms with Gasteiger partial charge in [-0.05, 0) is 35.0 Å². The Labute approximate surface area is 140 Å². The molecule has 3 aromatic carbocycles. The number of hydrogen-bond acceptors (Lipinski definition) is 4. The summed E-state index contributed by atoms with van der Waals surface area (Å²) >= 11 is 0. The quantitative estimate of drug-likeness (QED) is 0.768. The molecule has 0 unspecified atom stereocenters. The van der Waals surface area contributed by atoms with Crippen LogP contribution in [0.15, 0.2) is 65.6 Å².